The molecule has 7 nitrogen and oxygen atoms in total. The molecular formula is C33H59NO6S. The zero-order valence-electron chi connectivity index (χ0n) is 25.8. The van der Waals surface area contributed by atoms with E-state index in [0.29, 0.717) is 12.8 Å². The third kappa shape index (κ3) is 26.9. The lowest BCUT2D eigenvalue weighted by Gasteiger charge is -2.22. The van der Waals surface area contributed by atoms with Crippen LogP contribution in [-0.4, -0.2) is 53.1 Å². The Morgan fingerprint density at radius 2 is 1.17 bits per heavy atom. The van der Waals surface area contributed by atoms with Crippen molar-refractivity contribution >= 4 is 16.0 Å². The largest absolute Gasteiger partial charge is 0.387 e. The molecule has 0 aromatic rings. The van der Waals surface area contributed by atoms with Crippen LogP contribution in [0.2, 0.25) is 0 Å². The summed E-state index contributed by atoms with van der Waals surface area (Å²) >= 11 is 0. The van der Waals surface area contributed by atoms with Crippen LogP contribution in [0.5, 0.6) is 0 Å². The monoisotopic (exact) mass is 597 g/mol. The van der Waals surface area contributed by atoms with Gasteiger partial charge in [0.15, 0.2) is 0 Å². The third-order valence-electron chi connectivity index (χ3n) is 6.86. The van der Waals surface area contributed by atoms with Gasteiger partial charge in [0.05, 0.1) is 17.9 Å². The normalized spacial score (nSPS) is 15.0. The molecule has 0 saturated heterocycles. The van der Waals surface area contributed by atoms with Gasteiger partial charge in [-0.15, -0.1) is 0 Å². The predicted octanol–water partition coefficient (Wildman–Crippen LogP) is 7.37. The summed E-state index contributed by atoms with van der Waals surface area (Å²) in [6.45, 7) is 4.39. The molecule has 0 spiro atoms. The zero-order chi connectivity index (χ0) is 30.6. The van der Waals surface area contributed by atoms with E-state index in [9.17, 15) is 28.0 Å². The number of carbonyl (C=O) groups is 1. The highest BCUT2D eigenvalue weighted by molar-refractivity contribution is 7.85. The summed E-state index contributed by atoms with van der Waals surface area (Å²) in [7, 11) is -4.44. The van der Waals surface area contributed by atoms with E-state index in [1.54, 1.807) is 6.08 Å². The first-order valence-electron chi connectivity index (χ1n) is 16.0. The van der Waals surface area contributed by atoms with Crippen molar-refractivity contribution in [3.05, 3.63) is 48.6 Å². The minimum Gasteiger partial charge on any atom is -0.387 e. The van der Waals surface area contributed by atoms with E-state index in [0.717, 1.165) is 51.4 Å². The van der Waals surface area contributed by atoms with Crippen LogP contribution in [0.3, 0.4) is 0 Å². The summed E-state index contributed by atoms with van der Waals surface area (Å²) < 4.78 is 32.2. The van der Waals surface area contributed by atoms with Gasteiger partial charge in [-0.05, 0) is 57.8 Å². The van der Waals surface area contributed by atoms with Gasteiger partial charge in [-0.3, -0.25) is 9.35 Å². The molecule has 0 bridgehead atoms. The summed E-state index contributed by atoms with van der Waals surface area (Å²) in [6, 6.07) is -1.25. The molecule has 0 aliphatic heterocycles. The number of unbranched alkanes of at least 4 members (excludes halogenated alkanes) is 13. The van der Waals surface area contributed by atoms with Gasteiger partial charge in [-0.2, -0.15) is 8.42 Å². The summed E-state index contributed by atoms with van der Waals surface area (Å²) in [5.74, 6) is -1.58. The molecule has 4 N–H and O–H groups in total. The van der Waals surface area contributed by atoms with Crippen molar-refractivity contribution in [1.82, 2.24) is 5.32 Å². The van der Waals surface area contributed by atoms with Crippen molar-refractivity contribution in [1.29, 1.82) is 0 Å². The van der Waals surface area contributed by atoms with Crippen LogP contribution in [0.4, 0.5) is 0 Å². The summed E-state index contributed by atoms with van der Waals surface area (Å²) in [5.41, 5.74) is 0. The smallest absolute Gasteiger partial charge is 0.267 e. The maximum Gasteiger partial charge on any atom is 0.267 e. The Morgan fingerprint density at radius 1 is 0.683 bits per heavy atom. The zero-order valence-corrected chi connectivity index (χ0v) is 26.6. The molecule has 3 unspecified atom stereocenters. The molecule has 238 valence electrons. The highest BCUT2D eigenvalue weighted by Gasteiger charge is 2.27. The minimum absolute atomic E-state index is 0.254. The molecule has 3 atom stereocenters. The van der Waals surface area contributed by atoms with Gasteiger partial charge >= 0.3 is 0 Å². The number of nitrogens with one attached hydrogen (secondary N) is 1. The van der Waals surface area contributed by atoms with Gasteiger partial charge in [-0.25, -0.2) is 0 Å². The second kappa shape index (κ2) is 27.1. The Kier molecular flexibility index (Phi) is 26.0. The van der Waals surface area contributed by atoms with Gasteiger partial charge in [0, 0.05) is 0 Å². The van der Waals surface area contributed by atoms with Crippen molar-refractivity contribution in [2.24, 2.45) is 0 Å². The van der Waals surface area contributed by atoms with Crippen molar-refractivity contribution in [3.63, 3.8) is 0 Å². The summed E-state index contributed by atoms with van der Waals surface area (Å²) in [4.78, 5) is 12.5. The first kappa shape index (κ1) is 39.3. The Hall–Kier alpha value is -1.74. The van der Waals surface area contributed by atoms with Crippen LogP contribution in [-0.2, 0) is 14.9 Å². The second-order valence-corrected chi connectivity index (χ2v) is 12.4. The average Bonchev–Trinajstić information content (AvgIpc) is 2.92. The molecule has 1 amide bonds. The fourth-order valence-corrected chi connectivity index (χ4v) is 5.08. The molecule has 0 saturated carbocycles. The van der Waals surface area contributed by atoms with Gasteiger partial charge in [0.2, 0.25) is 5.91 Å². The van der Waals surface area contributed by atoms with Gasteiger partial charge < -0.3 is 15.5 Å². The molecule has 0 radical (unpaired) electrons. The van der Waals surface area contributed by atoms with E-state index in [4.69, 9.17) is 0 Å². The van der Waals surface area contributed by atoms with Crippen molar-refractivity contribution in [3.8, 4) is 0 Å². The van der Waals surface area contributed by atoms with E-state index in [-0.39, 0.29) is 6.42 Å². The van der Waals surface area contributed by atoms with Crippen LogP contribution in [0.1, 0.15) is 129 Å². The number of hydrogen-bond donors (Lipinski definition) is 4. The van der Waals surface area contributed by atoms with Crippen molar-refractivity contribution in [2.75, 3.05) is 5.75 Å². The van der Waals surface area contributed by atoms with Crippen LogP contribution in [0, 0.1) is 0 Å². The number of rotatable bonds is 27. The fraction of sp³-hybridized carbons (Fsp3) is 0.727. The maximum atomic E-state index is 12.5. The van der Waals surface area contributed by atoms with E-state index in [1.165, 1.54) is 51.0 Å². The van der Waals surface area contributed by atoms with Crippen LogP contribution in [0.15, 0.2) is 48.6 Å². The first-order valence-corrected chi connectivity index (χ1v) is 17.6. The molecule has 0 fully saturated rings. The SMILES string of the molecule is CCCCC/C=C\C=C/CCCCCCCC(O)C(=O)NC(CS(=O)(=O)O)C(O)/C=C/CC/C=C/CCCCCC. The van der Waals surface area contributed by atoms with E-state index in [2.05, 4.69) is 55.6 Å². The lowest BCUT2D eigenvalue weighted by molar-refractivity contribution is -0.130. The molecule has 0 heterocycles. The minimum atomic E-state index is -4.44. The third-order valence-corrected chi connectivity index (χ3v) is 7.64. The number of aliphatic hydroxyl groups excluding tert-OH is 2. The molecule has 41 heavy (non-hydrogen) atoms. The number of allylic oxidation sites excluding steroid dienone is 7. The topological polar surface area (TPSA) is 124 Å². The van der Waals surface area contributed by atoms with E-state index in [1.807, 2.05) is 0 Å². The average molecular weight is 598 g/mol. The molecule has 0 aliphatic carbocycles. The van der Waals surface area contributed by atoms with E-state index >= 15 is 0 Å². The highest BCUT2D eigenvalue weighted by atomic mass is 32.2. The number of aliphatic hydroxyl groups is 2. The Labute approximate surface area is 251 Å². The second-order valence-electron chi connectivity index (χ2n) is 10.9. The maximum absolute atomic E-state index is 12.5. The van der Waals surface area contributed by atoms with Gasteiger partial charge in [0.1, 0.15) is 6.10 Å². The predicted molar refractivity (Wildman–Crippen MR) is 171 cm³/mol. The molecule has 0 aromatic carbocycles. The lowest BCUT2D eigenvalue weighted by Crippen LogP contribution is -2.50. The summed E-state index contributed by atoms with van der Waals surface area (Å²) in [6.07, 6.45) is 31.7. The Morgan fingerprint density at radius 3 is 1.80 bits per heavy atom. The molecular weight excluding hydrogens is 538 g/mol. The fourth-order valence-electron chi connectivity index (χ4n) is 4.34. The van der Waals surface area contributed by atoms with Gasteiger partial charge in [0.25, 0.3) is 10.1 Å². The number of hydrogen-bond acceptors (Lipinski definition) is 5. The Bertz CT molecular complexity index is 850. The Balaban J connectivity index is 4.29. The summed E-state index contributed by atoms with van der Waals surface area (Å²) in [5, 5.41) is 23.1. The quantitative estimate of drug-likeness (QED) is 0.0339. The molecule has 0 rings (SSSR count). The molecule has 0 aliphatic rings. The van der Waals surface area contributed by atoms with Crippen LogP contribution >= 0.6 is 0 Å². The molecule has 0 aromatic heterocycles. The number of carbonyl (C=O) groups excluding carboxylic acids is 1. The van der Waals surface area contributed by atoms with Crippen LogP contribution in [0.25, 0.3) is 0 Å². The highest BCUT2D eigenvalue weighted by Crippen LogP contribution is 2.11. The standard InChI is InChI=1S/C33H59NO6S/c1-3-5-7-9-11-13-15-16-17-18-20-22-24-26-28-32(36)33(37)34-30(29-41(38,39)40)31(35)27-25-23-21-19-14-12-10-8-6-4-2/h11,13-16,19,25,27,30-32,35-36H,3-10,12,17-18,20-24,26,28-29H2,1-2H3,(H,34,37)(H,38,39,40)/b13-11-,16-15-,19-14+,27-25+. The van der Waals surface area contributed by atoms with Crippen molar-refractivity contribution < 1.29 is 28.0 Å². The number of amides is 1. The lowest BCUT2D eigenvalue weighted by atomic mass is 10.1. The molecule has 8 heteroatoms. The van der Waals surface area contributed by atoms with Crippen LogP contribution < -0.4 is 5.32 Å². The van der Waals surface area contributed by atoms with E-state index < -0.39 is 40.0 Å². The van der Waals surface area contributed by atoms with Crippen molar-refractivity contribution in [2.45, 2.75) is 148 Å². The first-order chi connectivity index (χ1) is 19.7. The van der Waals surface area contributed by atoms with Gasteiger partial charge in [-0.1, -0.05) is 120 Å².